The third-order valence-corrected chi connectivity index (χ3v) is 3.18. The zero-order valence-electron chi connectivity index (χ0n) is 8.42. The van der Waals surface area contributed by atoms with Crippen LogP contribution in [0.15, 0.2) is 0 Å². The predicted molar refractivity (Wildman–Crippen MR) is 51.3 cm³/mol. The van der Waals surface area contributed by atoms with Crippen LogP contribution >= 0.6 is 0 Å². The highest BCUT2D eigenvalue weighted by Gasteiger charge is 2.40. The molecule has 3 heteroatoms. The number of rotatable bonds is 2. The van der Waals surface area contributed by atoms with E-state index >= 15 is 0 Å². The predicted octanol–water partition coefficient (Wildman–Crippen LogP) is 0.463. The van der Waals surface area contributed by atoms with E-state index in [1.54, 1.807) is 0 Å². The van der Waals surface area contributed by atoms with Crippen molar-refractivity contribution in [3.63, 3.8) is 0 Å². The molecular formula is C10H18N2O. The van der Waals surface area contributed by atoms with Gasteiger partial charge in [-0.2, -0.15) is 0 Å². The lowest BCUT2D eigenvalue weighted by molar-refractivity contribution is -0.123. The highest BCUT2D eigenvalue weighted by Crippen LogP contribution is 2.37. The van der Waals surface area contributed by atoms with Gasteiger partial charge in [0.1, 0.15) is 0 Å². The van der Waals surface area contributed by atoms with Crippen LogP contribution in [0, 0.1) is 11.8 Å². The molecule has 1 aliphatic heterocycles. The number of likely N-dealkylation sites (N-methyl/N-ethyl adjacent to an activating group) is 1. The highest BCUT2D eigenvalue weighted by atomic mass is 16.2. The van der Waals surface area contributed by atoms with Gasteiger partial charge in [-0.15, -0.1) is 0 Å². The average molecular weight is 182 g/mol. The summed E-state index contributed by atoms with van der Waals surface area (Å²) in [6.45, 7) is 4.28. The monoisotopic (exact) mass is 182 g/mol. The van der Waals surface area contributed by atoms with Gasteiger partial charge in [0.2, 0.25) is 5.91 Å². The summed E-state index contributed by atoms with van der Waals surface area (Å²) >= 11 is 0. The quantitative estimate of drug-likeness (QED) is 0.673. The first-order valence-corrected chi connectivity index (χ1v) is 5.15. The summed E-state index contributed by atoms with van der Waals surface area (Å²) in [5, 5.41) is 3.12. The van der Waals surface area contributed by atoms with Gasteiger partial charge < -0.3 is 10.2 Å². The molecule has 2 rings (SSSR count). The standard InChI is InChI=1S/C10H18N2O/c1-7-5-9(7)10(13)11-8-3-4-12(2)6-8/h7-9H,3-6H2,1-2H3,(H,11,13). The molecule has 0 radical (unpaired) electrons. The van der Waals surface area contributed by atoms with Gasteiger partial charge in [-0.1, -0.05) is 6.92 Å². The Morgan fingerprint density at radius 2 is 2.23 bits per heavy atom. The minimum absolute atomic E-state index is 0.285. The smallest absolute Gasteiger partial charge is 0.223 e. The number of likely N-dealkylation sites (tertiary alicyclic amines) is 1. The topological polar surface area (TPSA) is 32.3 Å². The third kappa shape index (κ3) is 2.02. The largest absolute Gasteiger partial charge is 0.352 e. The lowest BCUT2D eigenvalue weighted by Gasteiger charge is -2.12. The maximum Gasteiger partial charge on any atom is 0.223 e. The molecule has 0 aromatic rings. The lowest BCUT2D eigenvalue weighted by atomic mass is 10.2. The molecule has 2 fully saturated rings. The average Bonchev–Trinajstić information content (AvgIpc) is 2.66. The number of hydrogen-bond acceptors (Lipinski definition) is 2. The van der Waals surface area contributed by atoms with Crippen molar-refractivity contribution in [2.24, 2.45) is 11.8 Å². The molecule has 74 valence electrons. The molecule has 1 N–H and O–H groups in total. The van der Waals surface area contributed by atoms with Crippen LogP contribution in [0.1, 0.15) is 19.8 Å². The Bertz CT molecular complexity index is 217. The van der Waals surface area contributed by atoms with Gasteiger partial charge in [0.25, 0.3) is 0 Å². The van der Waals surface area contributed by atoms with Crippen LogP contribution < -0.4 is 5.32 Å². The Balaban J connectivity index is 1.75. The Hall–Kier alpha value is -0.570. The van der Waals surface area contributed by atoms with Crippen LogP contribution in [0.2, 0.25) is 0 Å². The van der Waals surface area contributed by atoms with Gasteiger partial charge in [0.15, 0.2) is 0 Å². The van der Waals surface area contributed by atoms with Gasteiger partial charge >= 0.3 is 0 Å². The molecule has 1 amide bonds. The first-order valence-electron chi connectivity index (χ1n) is 5.15. The highest BCUT2D eigenvalue weighted by molar-refractivity contribution is 5.81. The van der Waals surface area contributed by atoms with Gasteiger partial charge in [0, 0.05) is 18.5 Å². The minimum Gasteiger partial charge on any atom is -0.352 e. The van der Waals surface area contributed by atoms with Crippen LogP contribution in [-0.4, -0.2) is 37.0 Å². The maximum absolute atomic E-state index is 11.5. The molecule has 1 saturated heterocycles. The van der Waals surface area contributed by atoms with Crippen molar-refractivity contribution < 1.29 is 4.79 Å². The van der Waals surface area contributed by atoms with E-state index in [2.05, 4.69) is 24.2 Å². The summed E-state index contributed by atoms with van der Waals surface area (Å²) in [4.78, 5) is 13.8. The van der Waals surface area contributed by atoms with Crippen LogP contribution in [-0.2, 0) is 4.79 Å². The molecule has 3 atom stereocenters. The molecular weight excluding hydrogens is 164 g/mol. The van der Waals surface area contributed by atoms with E-state index in [-0.39, 0.29) is 5.91 Å². The fourth-order valence-corrected chi connectivity index (χ4v) is 2.05. The van der Waals surface area contributed by atoms with Crippen LogP contribution in [0.25, 0.3) is 0 Å². The van der Waals surface area contributed by atoms with Crippen molar-refractivity contribution in [2.75, 3.05) is 20.1 Å². The van der Waals surface area contributed by atoms with E-state index in [9.17, 15) is 4.79 Å². The minimum atomic E-state index is 0.285. The number of hydrogen-bond donors (Lipinski definition) is 1. The summed E-state index contributed by atoms with van der Waals surface area (Å²) in [7, 11) is 2.10. The number of nitrogens with one attached hydrogen (secondary N) is 1. The van der Waals surface area contributed by atoms with Crippen LogP contribution in [0.3, 0.4) is 0 Å². The van der Waals surface area contributed by atoms with E-state index in [1.807, 2.05) is 0 Å². The van der Waals surface area contributed by atoms with E-state index in [0.717, 1.165) is 25.9 Å². The first-order chi connectivity index (χ1) is 6.16. The second kappa shape index (κ2) is 3.29. The second-order valence-electron chi connectivity index (χ2n) is 4.58. The first kappa shape index (κ1) is 9.00. The van der Waals surface area contributed by atoms with Gasteiger partial charge in [0.05, 0.1) is 0 Å². The molecule has 1 aliphatic carbocycles. The fraction of sp³-hybridized carbons (Fsp3) is 0.900. The van der Waals surface area contributed by atoms with E-state index in [4.69, 9.17) is 0 Å². The lowest BCUT2D eigenvalue weighted by Crippen LogP contribution is -2.37. The summed E-state index contributed by atoms with van der Waals surface area (Å²) in [5.41, 5.74) is 0. The van der Waals surface area contributed by atoms with E-state index in [1.165, 1.54) is 0 Å². The summed E-state index contributed by atoms with van der Waals surface area (Å²) < 4.78 is 0. The maximum atomic E-state index is 11.5. The number of amides is 1. The van der Waals surface area contributed by atoms with Crippen molar-refractivity contribution in [3.05, 3.63) is 0 Å². The fourth-order valence-electron chi connectivity index (χ4n) is 2.05. The third-order valence-electron chi connectivity index (χ3n) is 3.18. The molecule has 3 nitrogen and oxygen atoms in total. The molecule has 2 aliphatic rings. The molecule has 3 unspecified atom stereocenters. The molecule has 0 aromatic carbocycles. The van der Waals surface area contributed by atoms with E-state index in [0.29, 0.717) is 17.9 Å². The molecule has 0 aromatic heterocycles. The molecule has 13 heavy (non-hydrogen) atoms. The number of carbonyl (C=O) groups excluding carboxylic acids is 1. The Morgan fingerprint density at radius 1 is 1.54 bits per heavy atom. The summed E-state index contributed by atoms with van der Waals surface area (Å²) in [6, 6.07) is 0.408. The SMILES string of the molecule is CC1CC1C(=O)NC1CCN(C)C1. The summed E-state index contributed by atoms with van der Waals surface area (Å²) in [5.74, 6) is 1.23. The Labute approximate surface area is 79.5 Å². The number of nitrogens with zero attached hydrogens (tertiary/aromatic N) is 1. The number of carbonyl (C=O) groups is 1. The normalized spacial score (nSPS) is 39.1. The second-order valence-corrected chi connectivity index (χ2v) is 4.58. The summed E-state index contributed by atoms with van der Waals surface area (Å²) in [6.07, 6.45) is 2.21. The Morgan fingerprint density at radius 3 is 2.69 bits per heavy atom. The zero-order valence-corrected chi connectivity index (χ0v) is 8.42. The molecule has 0 spiro atoms. The van der Waals surface area contributed by atoms with Crippen LogP contribution in [0.5, 0.6) is 0 Å². The van der Waals surface area contributed by atoms with Gasteiger partial charge in [-0.05, 0) is 32.4 Å². The van der Waals surface area contributed by atoms with Gasteiger partial charge in [-0.25, -0.2) is 0 Å². The molecule has 1 heterocycles. The zero-order chi connectivity index (χ0) is 9.42. The van der Waals surface area contributed by atoms with Crippen molar-refractivity contribution in [1.82, 2.24) is 10.2 Å². The van der Waals surface area contributed by atoms with Crippen molar-refractivity contribution >= 4 is 5.91 Å². The Kier molecular flexibility index (Phi) is 2.28. The van der Waals surface area contributed by atoms with Gasteiger partial charge in [-0.3, -0.25) is 4.79 Å². The van der Waals surface area contributed by atoms with E-state index < -0.39 is 0 Å². The molecule has 0 bridgehead atoms. The van der Waals surface area contributed by atoms with Crippen molar-refractivity contribution in [2.45, 2.75) is 25.8 Å². The molecule has 1 saturated carbocycles. The van der Waals surface area contributed by atoms with Crippen molar-refractivity contribution in [3.8, 4) is 0 Å². The van der Waals surface area contributed by atoms with Crippen molar-refractivity contribution in [1.29, 1.82) is 0 Å². The van der Waals surface area contributed by atoms with Crippen LogP contribution in [0.4, 0.5) is 0 Å².